The molecule has 0 radical (unpaired) electrons. The lowest BCUT2D eigenvalue weighted by molar-refractivity contribution is -0.163. The molecule has 6 rings (SSSR count). The predicted molar refractivity (Wildman–Crippen MR) is 91.8 cm³/mol. The van der Waals surface area contributed by atoms with Crippen LogP contribution in [0.3, 0.4) is 0 Å². The highest BCUT2D eigenvalue weighted by molar-refractivity contribution is 5.84. The number of carbonyl (C=O) groups is 1. The molecule has 1 heterocycles. The van der Waals surface area contributed by atoms with Crippen molar-refractivity contribution in [2.45, 2.75) is 84.6 Å². The van der Waals surface area contributed by atoms with Crippen molar-refractivity contribution in [1.82, 2.24) is 4.90 Å². The predicted octanol–water partition coefficient (Wildman–Crippen LogP) is 4.63. The van der Waals surface area contributed by atoms with Gasteiger partial charge in [-0.25, -0.2) is 0 Å². The molecule has 5 saturated carbocycles. The third-order valence-corrected chi connectivity index (χ3v) is 8.56. The largest absolute Gasteiger partial charge is 0.339 e. The molecule has 6 aliphatic rings. The molecule has 5 aliphatic carbocycles. The first-order chi connectivity index (χ1) is 10.8. The van der Waals surface area contributed by atoms with Gasteiger partial charge in [-0.15, -0.1) is 0 Å². The van der Waals surface area contributed by atoms with Gasteiger partial charge in [-0.2, -0.15) is 0 Å². The molecule has 0 aromatic carbocycles. The Hall–Kier alpha value is -0.530. The van der Waals surface area contributed by atoms with Crippen molar-refractivity contribution in [3.8, 4) is 0 Å². The third-order valence-electron chi connectivity index (χ3n) is 8.56. The van der Waals surface area contributed by atoms with Crippen LogP contribution < -0.4 is 0 Å². The Morgan fingerprint density at radius 1 is 0.913 bits per heavy atom. The SMILES string of the molecule is CC12CCN(C(=O)C34CC5CC(CC(C5)C3)C4)C(C1)C(C)(C)C2. The number of carbonyl (C=O) groups excluding carboxylic acids is 1. The zero-order valence-electron chi connectivity index (χ0n) is 15.2. The molecule has 1 amide bonds. The Bertz CT molecular complexity index is 515. The average Bonchev–Trinajstić information content (AvgIpc) is 2.62. The topological polar surface area (TPSA) is 20.3 Å². The molecule has 2 nitrogen and oxygen atoms in total. The summed E-state index contributed by atoms with van der Waals surface area (Å²) in [5.41, 5.74) is 0.858. The molecular weight excluding hydrogens is 282 g/mol. The number of fused-ring (bicyclic) bond motifs is 2. The normalized spacial score (nSPS) is 52.9. The highest BCUT2D eigenvalue weighted by Crippen LogP contribution is 2.62. The van der Waals surface area contributed by atoms with Gasteiger partial charge in [-0.1, -0.05) is 20.8 Å². The molecule has 6 fully saturated rings. The minimum Gasteiger partial charge on any atom is -0.339 e. The summed E-state index contributed by atoms with van der Waals surface area (Å²) in [4.78, 5) is 16.1. The van der Waals surface area contributed by atoms with Crippen molar-refractivity contribution in [3.63, 3.8) is 0 Å². The Morgan fingerprint density at radius 2 is 1.48 bits per heavy atom. The Kier molecular flexibility index (Phi) is 2.80. The van der Waals surface area contributed by atoms with E-state index in [1.54, 1.807) is 0 Å². The average molecular weight is 316 g/mol. The number of likely N-dealkylation sites (tertiary alicyclic amines) is 1. The van der Waals surface area contributed by atoms with E-state index in [1.807, 2.05) is 0 Å². The lowest BCUT2D eigenvalue weighted by Gasteiger charge is -2.57. The standard InChI is InChI=1S/C21H33NO/c1-19(2)13-20(3)4-5-22(17(19)12-20)18(23)21-9-14-6-15(10-21)8-16(7-14)11-21/h14-17H,4-13H2,1-3H3. The van der Waals surface area contributed by atoms with E-state index in [0.29, 0.717) is 22.8 Å². The number of amides is 1. The van der Waals surface area contributed by atoms with E-state index in [9.17, 15) is 4.79 Å². The number of hydrogen-bond donors (Lipinski definition) is 0. The van der Waals surface area contributed by atoms with Crippen LogP contribution in [0.4, 0.5) is 0 Å². The fraction of sp³-hybridized carbons (Fsp3) is 0.952. The van der Waals surface area contributed by atoms with Gasteiger partial charge in [-0.05, 0) is 86.4 Å². The van der Waals surface area contributed by atoms with Crippen LogP contribution in [0.5, 0.6) is 0 Å². The van der Waals surface area contributed by atoms with Crippen LogP contribution in [-0.2, 0) is 4.79 Å². The summed E-state index contributed by atoms with van der Waals surface area (Å²) >= 11 is 0. The Morgan fingerprint density at radius 3 is 2.04 bits per heavy atom. The highest BCUT2D eigenvalue weighted by Gasteiger charge is 2.59. The molecule has 2 atom stereocenters. The van der Waals surface area contributed by atoms with E-state index < -0.39 is 0 Å². The van der Waals surface area contributed by atoms with Gasteiger partial charge in [0.2, 0.25) is 5.91 Å². The molecule has 0 N–H and O–H groups in total. The first kappa shape index (κ1) is 14.8. The van der Waals surface area contributed by atoms with E-state index in [0.717, 1.165) is 24.3 Å². The van der Waals surface area contributed by atoms with E-state index in [4.69, 9.17) is 0 Å². The maximum atomic E-state index is 13.8. The van der Waals surface area contributed by atoms with Crippen molar-refractivity contribution in [2.75, 3.05) is 6.54 Å². The van der Waals surface area contributed by atoms with Crippen LogP contribution in [-0.4, -0.2) is 23.4 Å². The van der Waals surface area contributed by atoms with Gasteiger partial charge >= 0.3 is 0 Å². The quantitative estimate of drug-likeness (QED) is 0.691. The number of hydrogen-bond acceptors (Lipinski definition) is 1. The lowest BCUT2D eigenvalue weighted by atomic mass is 9.49. The molecular formula is C21H33NO. The summed E-state index contributed by atoms with van der Waals surface area (Å²) in [7, 11) is 0. The second kappa shape index (κ2) is 4.35. The first-order valence-corrected chi connectivity index (χ1v) is 10.1. The molecule has 6 bridgehead atoms. The smallest absolute Gasteiger partial charge is 0.229 e. The minimum absolute atomic E-state index is 0.0567. The van der Waals surface area contributed by atoms with Gasteiger partial charge < -0.3 is 4.90 Å². The summed E-state index contributed by atoms with van der Waals surface area (Å²) in [5, 5.41) is 0. The van der Waals surface area contributed by atoms with Crippen LogP contribution in [0.1, 0.15) is 78.6 Å². The van der Waals surface area contributed by atoms with Crippen molar-refractivity contribution in [1.29, 1.82) is 0 Å². The fourth-order valence-corrected chi connectivity index (χ4v) is 8.22. The molecule has 0 aromatic heterocycles. The lowest BCUT2D eigenvalue weighted by Crippen LogP contribution is -2.58. The van der Waals surface area contributed by atoms with Crippen molar-refractivity contribution < 1.29 is 4.79 Å². The summed E-state index contributed by atoms with van der Waals surface area (Å²) in [6, 6.07) is 0.502. The maximum absolute atomic E-state index is 13.8. The summed E-state index contributed by atoms with van der Waals surface area (Å²) in [6.45, 7) is 8.31. The summed E-state index contributed by atoms with van der Waals surface area (Å²) in [5.74, 6) is 3.20. The van der Waals surface area contributed by atoms with Crippen LogP contribution in [0.2, 0.25) is 0 Å². The van der Waals surface area contributed by atoms with Crippen LogP contribution >= 0.6 is 0 Å². The van der Waals surface area contributed by atoms with Crippen molar-refractivity contribution in [3.05, 3.63) is 0 Å². The van der Waals surface area contributed by atoms with Gasteiger partial charge in [-0.3, -0.25) is 4.79 Å². The number of nitrogens with zero attached hydrogens (tertiary/aromatic N) is 1. The second-order valence-electron chi connectivity index (χ2n) is 11.1. The minimum atomic E-state index is 0.0567. The molecule has 2 unspecified atom stereocenters. The van der Waals surface area contributed by atoms with Crippen LogP contribution in [0, 0.1) is 34.0 Å². The first-order valence-electron chi connectivity index (χ1n) is 10.1. The Labute approximate surface area is 141 Å². The number of piperidine rings is 1. The van der Waals surface area contributed by atoms with E-state index >= 15 is 0 Å². The van der Waals surface area contributed by atoms with Gasteiger partial charge in [0.05, 0.1) is 5.41 Å². The highest BCUT2D eigenvalue weighted by atomic mass is 16.2. The summed E-state index contributed by atoms with van der Waals surface area (Å²) in [6.07, 6.45) is 11.7. The van der Waals surface area contributed by atoms with E-state index in [1.165, 1.54) is 57.8 Å². The molecule has 0 aromatic rings. The zero-order chi connectivity index (χ0) is 16.0. The third kappa shape index (κ3) is 2.02. The maximum Gasteiger partial charge on any atom is 0.229 e. The molecule has 1 aliphatic heterocycles. The van der Waals surface area contributed by atoms with Gasteiger partial charge in [0.15, 0.2) is 0 Å². The van der Waals surface area contributed by atoms with Crippen LogP contribution in [0.25, 0.3) is 0 Å². The van der Waals surface area contributed by atoms with E-state index in [2.05, 4.69) is 25.7 Å². The molecule has 128 valence electrons. The monoisotopic (exact) mass is 315 g/mol. The Balaban J connectivity index is 1.45. The molecule has 23 heavy (non-hydrogen) atoms. The fourth-order valence-electron chi connectivity index (χ4n) is 8.22. The van der Waals surface area contributed by atoms with Crippen molar-refractivity contribution >= 4 is 5.91 Å². The second-order valence-corrected chi connectivity index (χ2v) is 11.1. The van der Waals surface area contributed by atoms with Gasteiger partial charge in [0.25, 0.3) is 0 Å². The summed E-state index contributed by atoms with van der Waals surface area (Å²) < 4.78 is 0. The van der Waals surface area contributed by atoms with Crippen LogP contribution in [0.15, 0.2) is 0 Å². The van der Waals surface area contributed by atoms with Gasteiger partial charge in [0, 0.05) is 12.6 Å². The molecule has 1 saturated heterocycles. The number of rotatable bonds is 1. The van der Waals surface area contributed by atoms with Gasteiger partial charge in [0.1, 0.15) is 0 Å². The van der Waals surface area contributed by atoms with E-state index in [-0.39, 0.29) is 5.41 Å². The molecule has 2 heteroatoms. The van der Waals surface area contributed by atoms with Crippen molar-refractivity contribution in [2.24, 2.45) is 34.0 Å². The molecule has 0 spiro atoms. The zero-order valence-corrected chi connectivity index (χ0v) is 15.2.